The highest BCUT2D eigenvalue weighted by Gasteiger charge is 2.61. The molecular formula is C20H28O3. The van der Waals surface area contributed by atoms with Gasteiger partial charge in [0, 0.05) is 13.2 Å². The molecule has 0 spiro atoms. The van der Waals surface area contributed by atoms with Crippen LogP contribution in [0, 0.1) is 35.5 Å². The highest BCUT2D eigenvalue weighted by atomic mass is 16.5. The Morgan fingerprint density at radius 1 is 1.48 bits per heavy atom. The van der Waals surface area contributed by atoms with Gasteiger partial charge in [-0.1, -0.05) is 37.5 Å². The van der Waals surface area contributed by atoms with Crippen LogP contribution in [0.1, 0.15) is 40.5 Å². The third kappa shape index (κ3) is 4.48. The van der Waals surface area contributed by atoms with Gasteiger partial charge < -0.3 is 9.47 Å². The molecular weight excluding hydrogens is 288 g/mol. The van der Waals surface area contributed by atoms with Crippen molar-refractivity contribution in [3.63, 3.8) is 0 Å². The summed E-state index contributed by atoms with van der Waals surface area (Å²) in [5.41, 5.74) is 1.18. The lowest BCUT2D eigenvalue weighted by Crippen LogP contribution is -2.18. The Morgan fingerprint density at radius 3 is 2.78 bits per heavy atom. The summed E-state index contributed by atoms with van der Waals surface area (Å²) >= 11 is 0. The molecule has 3 nitrogen and oxygen atoms in total. The molecule has 1 aliphatic carbocycles. The van der Waals surface area contributed by atoms with Crippen molar-refractivity contribution >= 4 is 5.97 Å². The van der Waals surface area contributed by atoms with Crippen LogP contribution in [0.25, 0.3) is 0 Å². The van der Waals surface area contributed by atoms with Gasteiger partial charge in [-0.25, -0.2) is 0 Å². The lowest BCUT2D eigenvalue weighted by molar-refractivity contribution is -0.147. The molecule has 0 radical (unpaired) electrons. The standard InChI is InChI=1S/C20H28O3/c1-6-16(9-7-8-15-10-11-22-13-15)23-19(21)18-17(12-14(2)3)20(18,4)5/h1,7,9,12,15-18H,8,10-11,13H2,2-5H3. The van der Waals surface area contributed by atoms with Gasteiger partial charge >= 0.3 is 5.97 Å². The highest BCUT2D eigenvalue weighted by Crippen LogP contribution is 2.59. The van der Waals surface area contributed by atoms with E-state index >= 15 is 0 Å². The first-order valence-electron chi connectivity index (χ1n) is 8.42. The first-order chi connectivity index (χ1) is 10.9. The van der Waals surface area contributed by atoms with Gasteiger partial charge in [-0.05, 0) is 50.0 Å². The summed E-state index contributed by atoms with van der Waals surface area (Å²) in [6, 6.07) is 0. The maximum Gasteiger partial charge on any atom is 0.311 e. The van der Waals surface area contributed by atoms with E-state index in [0.717, 1.165) is 26.1 Å². The Labute approximate surface area is 140 Å². The van der Waals surface area contributed by atoms with Crippen LogP contribution >= 0.6 is 0 Å². The summed E-state index contributed by atoms with van der Waals surface area (Å²) in [5.74, 6) is 3.08. The van der Waals surface area contributed by atoms with Crippen molar-refractivity contribution in [2.75, 3.05) is 13.2 Å². The second-order valence-electron chi connectivity index (χ2n) is 7.49. The Morgan fingerprint density at radius 2 is 2.22 bits per heavy atom. The number of terminal acetylenes is 1. The summed E-state index contributed by atoms with van der Waals surface area (Å²) < 4.78 is 10.9. The molecule has 2 rings (SSSR count). The number of ether oxygens (including phenoxy) is 2. The number of rotatable bonds is 6. The van der Waals surface area contributed by atoms with Crippen LogP contribution in [-0.2, 0) is 14.3 Å². The molecule has 1 heterocycles. The summed E-state index contributed by atoms with van der Waals surface area (Å²) in [7, 11) is 0. The van der Waals surface area contributed by atoms with Crippen molar-refractivity contribution in [3.8, 4) is 12.3 Å². The molecule has 0 aromatic rings. The maximum atomic E-state index is 12.4. The lowest BCUT2D eigenvalue weighted by atomic mass is 10.0. The van der Waals surface area contributed by atoms with Crippen molar-refractivity contribution in [2.24, 2.45) is 23.2 Å². The molecule has 4 unspecified atom stereocenters. The monoisotopic (exact) mass is 316 g/mol. The normalized spacial score (nSPS) is 29.8. The molecule has 1 saturated carbocycles. The zero-order valence-corrected chi connectivity index (χ0v) is 14.7. The second-order valence-corrected chi connectivity index (χ2v) is 7.49. The van der Waals surface area contributed by atoms with Gasteiger partial charge in [-0.2, -0.15) is 0 Å². The van der Waals surface area contributed by atoms with Crippen LogP contribution < -0.4 is 0 Å². The second kappa shape index (κ2) is 7.36. The van der Waals surface area contributed by atoms with Crippen LogP contribution in [0.2, 0.25) is 0 Å². The fourth-order valence-corrected chi connectivity index (χ4v) is 3.29. The molecule has 4 atom stereocenters. The lowest BCUT2D eigenvalue weighted by Gasteiger charge is -2.10. The minimum atomic E-state index is -0.575. The number of esters is 1. The van der Waals surface area contributed by atoms with Gasteiger partial charge in [0.1, 0.15) is 0 Å². The quantitative estimate of drug-likeness (QED) is 0.425. The van der Waals surface area contributed by atoms with Crippen LogP contribution in [-0.4, -0.2) is 25.3 Å². The molecule has 0 amide bonds. The van der Waals surface area contributed by atoms with E-state index in [1.165, 1.54) is 5.57 Å². The van der Waals surface area contributed by atoms with Crippen molar-refractivity contribution in [1.82, 2.24) is 0 Å². The number of hydrogen-bond acceptors (Lipinski definition) is 3. The topological polar surface area (TPSA) is 35.5 Å². The Balaban J connectivity index is 1.86. The van der Waals surface area contributed by atoms with E-state index in [2.05, 4.69) is 39.7 Å². The minimum absolute atomic E-state index is 0.0433. The predicted molar refractivity (Wildman–Crippen MR) is 91.6 cm³/mol. The van der Waals surface area contributed by atoms with Crippen LogP contribution in [0.3, 0.4) is 0 Å². The molecule has 3 heteroatoms. The molecule has 0 aromatic carbocycles. The summed E-state index contributed by atoms with van der Waals surface area (Å²) in [6.07, 6.45) is 12.9. The van der Waals surface area contributed by atoms with Gasteiger partial charge in [0.15, 0.2) is 6.10 Å². The van der Waals surface area contributed by atoms with E-state index in [1.807, 2.05) is 12.2 Å². The average molecular weight is 316 g/mol. The molecule has 2 fully saturated rings. The molecule has 23 heavy (non-hydrogen) atoms. The van der Waals surface area contributed by atoms with E-state index in [-0.39, 0.29) is 23.2 Å². The maximum absolute atomic E-state index is 12.4. The third-order valence-corrected chi connectivity index (χ3v) is 4.89. The van der Waals surface area contributed by atoms with Crippen LogP contribution in [0.4, 0.5) is 0 Å². The predicted octanol–water partition coefficient (Wildman–Crippen LogP) is 3.75. The van der Waals surface area contributed by atoms with Crippen molar-refractivity contribution in [2.45, 2.75) is 46.6 Å². The van der Waals surface area contributed by atoms with Crippen molar-refractivity contribution in [3.05, 3.63) is 23.8 Å². The zero-order chi connectivity index (χ0) is 17.0. The van der Waals surface area contributed by atoms with E-state index in [9.17, 15) is 4.79 Å². The third-order valence-electron chi connectivity index (χ3n) is 4.89. The summed E-state index contributed by atoms with van der Waals surface area (Å²) in [6.45, 7) is 9.96. The van der Waals surface area contributed by atoms with Gasteiger partial charge in [0.05, 0.1) is 5.92 Å². The molecule has 126 valence electrons. The van der Waals surface area contributed by atoms with Gasteiger partial charge in [-0.3, -0.25) is 4.79 Å². The SMILES string of the molecule is C#CC(C=CCC1CCOC1)OC(=O)C1C(C=C(C)C)C1(C)C. The Hall–Kier alpha value is -1.53. The molecule has 0 aromatic heterocycles. The zero-order valence-electron chi connectivity index (χ0n) is 14.7. The number of hydrogen-bond donors (Lipinski definition) is 0. The van der Waals surface area contributed by atoms with E-state index in [1.54, 1.807) is 0 Å². The van der Waals surface area contributed by atoms with E-state index in [0.29, 0.717) is 5.92 Å². The summed E-state index contributed by atoms with van der Waals surface area (Å²) in [5, 5.41) is 0. The Bertz CT molecular complexity index is 526. The van der Waals surface area contributed by atoms with E-state index in [4.69, 9.17) is 15.9 Å². The number of carbonyl (C=O) groups excluding carboxylic acids is 1. The number of allylic oxidation sites excluding steroid dienone is 3. The largest absolute Gasteiger partial charge is 0.445 e. The molecule has 1 saturated heterocycles. The number of carbonyl (C=O) groups is 1. The van der Waals surface area contributed by atoms with Crippen LogP contribution in [0.15, 0.2) is 23.8 Å². The smallest absolute Gasteiger partial charge is 0.311 e. The fourth-order valence-electron chi connectivity index (χ4n) is 3.29. The molecule has 0 N–H and O–H groups in total. The van der Waals surface area contributed by atoms with Crippen molar-refractivity contribution < 1.29 is 14.3 Å². The Kier molecular flexibility index (Phi) is 5.70. The van der Waals surface area contributed by atoms with Gasteiger partial charge in [0.2, 0.25) is 0 Å². The first kappa shape index (κ1) is 17.8. The highest BCUT2D eigenvalue weighted by molar-refractivity contribution is 5.78. The molecule has 2 aliphatic rings. The van der Waals surface area contributed by atoms with Gasteiger partial charge in [-0.15, -0.1) is 6.42 Å². The fraction of sp³-hybridized carbons (Fsp3) is 0.650. The minimum Gasteiger partial charge on any atom is -0.445 e. The molecule has 1 aliphatic heterocycles. The van der Waals surface area contributed by atoms with Gasteiger partial charge in [0.25, 0.3) is 0 Å². The average Bonchev–Trinajstić information content (AvgIpc) is 2.84. The van der Waals surface area contributed by atoms with Crippen LogP contribution in [0.5, 0.6) is 0 Å². The molecule has 0 bridgehead atoms. The van der Waals surface area contributed by atoms with Crippen molar-refractivity contribution in [1.29, 1.82) is 0 Å². The first-order valence-corrected chi connectivity index (χ1v) is 8.42. The summed E-state index contributed by atoms with van der Waals surface area (Å²) in [4.78, 5) is 12.4. The van der Waals surface area contributed by atoms with E-state index < -0.39 is 6.10 Å².